The van der Waals surface area contributed by atoms with Crippen molar-refractivity contribution in [3.63, 3.8) is 0 Å². The standard InChI is InChI=1S/C56H105N9O13/c1-20-57-49(72)50(64-33-29-60(39-45(68)75-53(8,9)10)25-21-58(37-43(66)73-51(2,3)4)22-26-61(30-34-64)40-46(69)76-54(11,12)13)65-35-31-62(41-47(70)77-55(14,15)16)27-23-59(38-44(67)74-52(5,6)7)24-28-63(32-36-65)42-48(71)78-56(17,18)19/h50H,20-42H2,1-19H3,(H,57,72). The molecule has 2 heterocycles. The van der Waals surface area contributed by atoms with Gasteiger partial charge in [-0.05, 0) is 132 Å². The van der Waals surface area contributed by atoms with Crippen LogP contribution in [0.15, 0.2) is 0 Å². The lowest BCUT2D eigenvalue weighted by Crippen LogP contribution is -2.62. The average Bonchev–Trinajstić information content (AvgIpc) is 3.21. The van der Waals surface area contributed by atoms with Crippen LogP contribution >= 0.6 is 0 Å². The maximum atomic E-state index is 15.0. The zero-order valence-electron chi connectivity index (χ0n) is 51.7. The zero-order valence-corrected chi connectivity index (χ0v) is 51.7. The predicted octanol–water partition coefficient (Wildman–Crippen LogP) is 2.94. The summed E-state index contributed by atoms with van der Waals surface area (Å²) in [5.74, 6) is -2.78. The average molecular weight is 1110 g/mol. The molecule has 2 rings (SSSR count). The number of ether oxygens (including phenoxy) is 6. The third kappa shape index (κ3) is 32.9. The van der Waals surface area contributed by atoms with Crippen LogP contribution in [0.4, 0.5) is 0 Å². The molecule has 2 fully saturated rings. The van der Waals surface area contributed by atoms with Crippen LogP contribution in [0.3, 0.4) is 0 Å². The molecule has 78 heavy (non-hydrogen) atoms. The summed E-state index contributed by atoms with van der Waals surface area (Å²) in [6.07, 6.45) is -0.929. The lowest BCUT2D eigenvalue weighted by molar-refractivity contribution is -0.159. The number of hydrogen-bond acceptors (Lipinski definition) is 21. The smallest absolute Gasteiger partial charge is 0.320 e. The van der Waals surface area contributed by atoms with Crippen LogP contribution in [0, 0.1) is 0 Å². The van der Waals surface area contributed by atoms with Crippen LogP contribution in [-0.4, -0.2) is 271 Å². The molecule has 0 spiro atoms. The van der Waals surface area contributed by atoms with E-state index in [1.54, 1.807) is 0 Å². The molecule has 22 heteroatoms. The summed E-state index contributed by atoms with van der Waals surface area (Å²) < 4.78 is 34.7. The highest BCUT2D eigenvalue weighted by molar-refractivity contribution is 5.81. The van der Waals surface area contributed by atoms with Crippen molar-refractivity contribution in [2.45, 2.75) is 171 Å². The normalized spacial score (nSPS) is 18.8. The van der Waals surface area contributed by atoms with E-state index < -0.39 is 75.6 Å². The molecule has 0 atom stereocenters. The topological polar surface area (TPSA) is 213 Å². The van der Waals surface area contributed by atoms with E-state index in [9.17, 15) is 33.6 Å². The Morgan fingerprint density at radius 2 is 0.462 bits per heavy atom. The van der Waals surface area contributed by atoms with E-state index in [4.69, 9.17) is 28.4 Å². The summed E-state index contributed by atoms with van der Waals surface area (Å²) in [6, 6.07) is 0. The SMILES string of the molecule is CCNC(=O)C(N1CCN(CC(=O)OC(C)(C)C)CCN(CC(=O)OC(C)(C)C)CCN(CC(=O)OC(C)(C)C)CC1)N1CCN(CC(=O)OC(C)(C)C)CCN(CC(=O)OC(C)(C)C)CCN(CC(=O)OC(C)(C)C)CC1. The fourth-order valence-electron chi connectivity index (χ4n) is 8.71. The van der Waals surface area contributed by atoms with Crippen LogP contribution in [0.5, 0.6) is 0 Å². The predicted molar refractivity (Wildman–Crippen MR) is 299 cm³/mol. The van der Waals surface area contributed by atoms with Gasteiger partial charge in [-0.15, -0.1) is 0 Å². The third-order valence-corrected chi connectivity index (χ3v) is 11.7. The molecule has 0 saturated carbocycles. The quantitative estimate of drug-likeness (QED) is 0.174. The molecule has 0 aromatic carbocycles. The van der Waals surface area contributed by atoms with Gasteiger partial charge in [0, 0.05) is 111 Å². The summed E-state index contributed by atoms with van der Waals surface area (Å²) in [7, 11) is 0. The molecule has 2 aliphatic rings. The van der Waals surface area contributed by atoms with E-state index in [0.29, 0.717) is 85.1 Å². The number of nitrogens with one attached hydrogen (secondary N) is 1. The number of hydrogen-bond donors (Lipinski definition) is 1. The van der Waals surface area contributed by atoms with Gasteiger partial charge in [0.05, 0.1) is 39.3 Å². The van der Waals surface area contributed by atoms with Gasteiger partial charge in [0.2, 0.25) is 0 Å². The minimum Gasteiger partial charge on any atom is -0.459 e. The summed E-state index contributed by atoms with van der Waals surface area (Å²) >= 11 is 0. The molecule has 1 N–H and O–H groups in total. The van der Waals surface area contributed by atoms with E-state index in [1.807, 2.05) is 161 Å². The summed E-state index contributed by atoms with van der Waals surface area (Å²) in [4.78, 5) is 112. The first-order valence-corrected chi connectivity index (χ1v) is 28.1. The Kier molecular flexibility index (Phi) is 28.1. The van der Waals surface area contributed by atoms with Gasteiger partial charge >= 0.3 is 35.8 Å². The molecule has 22 nitrogen and oxygen atoms in total. The van der Waals surface area contributed by atoms with E-state index in [-0.39, 0.29) is 71.4 Å². The second kappa shape index (κ2) is 31.3. The van der Waals surface area contributed by atoms with Gasteiger partial charge in [-0.25, -0.2) is 0 Å². The molecular weight excluding hydrogens is 1010 g/mol. The van der Waals surface area contributed by atoms with Crippen molar-refractivity contribution in [3.05, 3.63) is 0 Å². The molecule has 1 amide bonds. The van der Waals surface area contributed by atoms with Crippen LogP contribution in [-0.2, 0) is 62.0 Å². The van der Waals surface area contributed by atoms with Crippen molar-refractivity contribution in [3.8, 4) is 0 Å². The van der Waals surface area contributed by atoms with Gasteiger partial charge < -0.3 is 33.7 Å². The van der Waals surface area contributed by atoms with Gasteiger partial charge in [-0.3, -0.25) is 72.8 Å². The number of carbonyl (C=O) groups is 7. The Bertz CT molecular complexity index is 1700. The molecule has 0 aliphatic carbocycles. The first kappa shape index (κ1) is 70.1. The zero-order chi connectivity index (χ0) is 59.5. The van der Waals surface area contributed by atoms with Crippen molar-refractivity contribution in [2.24, 2.45) is 0 Å². The lowest BCUT2D eigenvalue weighted by Gasteiger charge is -2.42. The van der Waals surface area contributed by atoms with Gasteiger partial charge in [0.15, 0.2) is 0 Å². The number of rotatable bonds is 16. The van der Waals surface area contributed by atoms with Crippen LogP contribution in [0.1, 0.15) is 132 Å². The highest BCUT2D eigenvalue weighted by Gasteiger charge is 2.36. The first-order valence-electron chi connectivity index (χ1n) is 28.1. The minimum absolute atomic E-state index is 0.0180. The molecule has 0 unspecified atom stereocenters. The Labute approximate surface area is 468 Å². The second-order valence-corrected chi connectivity index (χ2v) is 26.5. The fourth-order valence-corrected chi connectivity index (χ4v) is 8.71. The minimum atomic E-state index is -0.929. The van der Waals surface area contributed by atoms with E-state index in [0.717, 1.165) is 0 Å². The van der Waals surface area contributed by atoms with Crippen molar-refractivity contribution < 1.29 is 62.0 Å². The molecular formula is C56H105N9O13. The molecule has 2 saturated heterocycles. The number of carbonyl (C=O) groups excluding carboxylic acids is 7. The number of likely N-dealkylation sites (N-methyl/N-ethyl adjacent to an activating group) is 1. The Hall–Kier alpha value is -4.03. The molecule has 0 aromatic rings. The van der Waals surface area contributed by atoms with Gasteiger partial charge in [-0.1, -0.05) is 0 Å². The number of nitrogens with zero attached hydrogens (tertiary/aromatic N) is 8. The second-order valence-electron chi connectivity index (χ2n) is 26.5. The van der Waals surface area contributed by atoms with Crippen molar-refractivity contribution in [2.75, 3.05) is 151 Å². The first-order chi connectivity index (χ1) is 35.7. The summed E-state index contributed by atoms with van der Waals surface area (Å²) in [5, 5.41) is 3.10. The number of esters is 6. The third-order valence-electron chi connectivity index (χ3n) is 11.7. The summed E-state index contributed by atoms with van der Waals surface area (Å²) in [5.41, 5.74) is -4.40. The van der Waals surface area contributed by atoms with E-state index >= 15 is 0 Å². The van der Waals surface area contributed by atoms with Crippen molar-refractivity contribution in [1.82, 2.24) is 44.5 Å². The Balaban J connectivity index is 2.85. The molecule has 0 bridgehead atoms. The van der Waals surface area contributed by atoms with Crippen LogP contribution in [0.2, 0.25) is 0 Å². The highest BCUT2D eigenvalue weighted by atomic mass is 16.6. The van der Waals surface area contributed by atoms with Crippen LogP contribution < -0.4 is 5.32 Å². The van der Waals surface area contributed by atoms with E-state index in [1.165, 1.54) is 0 Å². The van der Waals surface area contributed by atoms with Crippen LogP contribution in [0.25, 0.3) is 0 Å². The molecule has 2 aliphatic heterocycles. The Morgan fingerprint density at radius 1 is 0.308 bits per heavy atom. The lowest BCUT2D eigenvalue weighted by atomic mass is 10.2. The van der Waals surface area contributed by atoms with Gasteiger partial charge in [0.25, 0.3) is 5.91 Å². The Morgan fingerprint density at radius 3 is 0.603 bits per heavy atom. The monoisotopic (exact) mass is 1110 g/mol. The molecule has 0 aromatic heterocycles. The van der Waals surface area contributed by atoms with Gasteiger partial charge in [-0.2, -0.15) is 0 Å². The fraction of sp³-hybridized carbons (Fsp3) is 0.875. The largest absolute Gasteiger partial charge is 0.459 e. The number of amides is 1. The molecule has 0 radical (unpaired) electrons. The maximum absolute atomic E-state index is 15.0. The van der Waals surface area contributed by atoms with Crippen molar-refractivity contribution >= 4 is 41.7 Å². The van der Waals surface area contributed by atoms with Crippen molar-refractivity contribution in [1.29, 1.82) is 0 Å². The summed E-state index contributed by atoms with van der Waals surface area (Å²) in [6.45, 7) is 39.7. The molecule has 452 valence electrons. The van der Waals surface area contributed by atoms with E-state index in [2.05, 4.69) is 15.1 Å². The highest BCUT2D eigenvalue weighted by Crippen LogP contribution is 2.17. The van der Waals surface area contributed by atoms with Gasteiger partial charge in [0.1, 0.15) is 39.8 Å². The maximum Gasteiger partial charge on any atom is 0.320 e.